The maximum absolute atomic E-state index is 12.1. The summed E-state index contributed by atoms with van der Waals surface area (Å²) in [5.74, 6) is 0.0484. The van der Waals surface area contributed by atoms with Crippen LogP contribution in [0.3, 0.4) is 0 Å². The van der Waals surface area contributed by atoms with E-state index in [0.717, 1.165) is 6.07 Å². The fourth-order valence-corrected chi connectivity index (χ4v) is 3.09. The van der Waals surface area contributed by atoms with Crippen LogP contribution in [0.1, 0.15) is 6.42 Å². The van der Waals surface area contributed by atoms with Gasteiger partial charge in [0.1, 0.15) is 10.6 Å². The molecule has 0 amide bonds. The third kappa shape index (κ3) is 2.83. The number of nitro benzene ring substituents is 1. The molecular weight excluding hydrogens is 274 g/mol. The fourth-order valence-electron chi connectivity index (χ4n) is 1.60. The number of rotatable bonds is 5. The SMILES string of the molecule is COc1ccc([N+](=O)[O-])cc1S(=O)(=O)NC1CC1N. The number of nitro groups is 1. The topological polar surface area (TPSA) is 125 Å². The van der Waals surface area contributed by atoms with Gasteiger partial charge in [-0.1, -0.05) is 0 Å². The van der Waals surface area contributed by atoms with E-state index in [1.165, 1.54) is 19.2 Å². The van der Waals surface area contributed by atoms with Crippen LogP contribution < -0.4 is 15.2 Å². The highest BCUT2D eigenvalue weighted by Gasteiger charge is 2.38. The van der Waals surface area contributed by atoms with Crippen LogP contribution in [0, 0.1) is 10.1 Å². The van der Waals surface area contributed by atoms with Crippen molar-refractivity contribution in [2.24, 2.45) is 5.73 Å². The van der Waals surface area contributed by atoms with Crippen molar-refractivity contribution in [2.75, 3.05) is 7.11 Å². The molecule has 0 radical (unpaired) electrons. The van der Waals surface area contributed by atoms with Crippen molar-refractivity contribution in [3.8, 4) is 5.75 Å². The van der Waals surface area contributed by atoms with Crippen LogP contribution in [0.4, 0.5) is 5.69 Å². The quantitative estimate of drug-likeness (QED) is 0.579. The zero-order valence-corrected chi connectivity index (χ0v) is 10.9. The van der Waals surface area contributed by atoms with Crippen molar-refractivity contribution in [3.05, 3.63) is 28.3 Å². The van der Waals surface area contributed by atoms with Gasteiger partial charge in [0.2, 0.25) is 10.0 Å². The molecule has 8 nitrogen and oxygen atoms in total. The van der Waals surface area contributed by atoms with Crippen LogP contribution in [0.15, 0.2) is 23.1 Å². The lowest BCUT2D eigenvalue weighted by atomic mass is 10.3. The summed E-state index contributed by atoms with van der Waals surface area (Å²) in [7, 11) is -2.59. The minimum Gasteiger partial charge on any atom is -0.495 e. The van der Waals surface area contributed by atoms with E-state index in [-0.39, 0.29) is 28.4 Å². The summed E-state index contributed by atoms with van der Waals surface area (Å²) >= 11 is 0. The molecule has 0 saturated heterocycles. The Balaban J connectivity index is 2.40. The largest absolute Gasteiger partial charge is 0.495 e. The molecule has 0 spiro atoms. The minimum absolute atomic E-state index is 0.0484. The van der Waals surface area contributed by atoms with E-state index >= 15 is 0 Å². The first-order chi connectivity index (χ1) is 8.85. The molecule has 3 N–H and O–H groups in total. The molecule has 1 aromatic carbocycles. The zero-order valence-electron chi connectivity index (χ0n) is 10.1. The predicted octanol–water partition coefficient (Wildman–Crippen LogP) is -0.0187. The van der Waals surface area contributed by atoms with Crippen LogP contribution in [0.2, 0.25) is 0 Å². The normalized spacial score (nSPS) is 22.0. The van der Waals surface area contributed by atoms with Gasteiger partial charge in [0, 0.05) is 24.2 Å². The lowest BCUT2D eigenvalue weighted by Gasteiger charge is -2.10. The van der Waals surface area contributed by atoms with Crippen molar-refractivity contribution in [2.45, 2.75) is 23.4 Å². The van der Waals surface area contributed by atoms with Gasteiger partial charge in [-0.25, -0.2) is 13.1 Å². The van der Waals surface area contributed by atoms with Gasteiger partial charge < -0.3 is 10.5 Å². The third-order valence-electron chi connectivity index (χ3n) is 2.79. The average molecular weight is 287 g/mol. The van der Waals surface area contributed by atoms with E-state index in [9.17, 15) is 18.5 Å². The number of benzene rings is 1. The van der Waals surface area contributed by atoms with E-state index < -0.39 is 14.9 Å². The lowest BCUT2D eigenvalue weighted by molar-refractivity contribution is -0.385. The highest BCUT2D eigenvalue weighted by Crippen LogP contribution is 2.30. The monoisotopic (exact) mass is 287 g/mol. The third-order valence-corrected chi connectivity index (χ3v) is 4.30. The molecule has 0 heterocycles. The second-order valence-corrected chi connectivity index (χ2v) is 5.90. The standard InChI is InChI=1S/C10H13N3O5S/c1-18-9-3-2-6(13(14)15)4-10(9)19(16,17)12-8-5-7(8)11/h2-4,7-8,12H,5,11H2,1H3. The molecule has 1 aliphatic rings. The Morgan fingerprint density at radius 1 is 1.53 bits per heavy atom. The molecule has 2 unspecified atom stereocenters. The van der Waals surface area contributed by atoms with Gasteiger partial charge in [-0.05, 0) is 12.5 Å². The van der Waals surface area contributed by atoms with E-state index in [2.05, 4.69) is 4.72 Å². The average Bonchev–Trinajstić information content (AvgIpc) is 3.02. The van der Waals surface area contributed by atoms with Gasteiger partial charge in [0.05, 0.1) is 12.0 Å². The molecule has 0 aliphatic heterocycles. The maximum Gasteiger partial charge on any atom is 0.271 e. The van der Waals surface area contributed by atoms with Crippen molar-refractivity contribution in [1.29, 1.82) is 0 Å². The fraction of sp³-hybridized carbons (Fsp3) is 0.400. The van der Waals surface area contributed by atoms with E-state index in [0.29, 0.717) is 6.42 Å². The maximum atomic E-state index is 12.1. The van der Waals surface area contributed by atoms with Crippen molar-refractivity contribution < 1.29 is 18.1 Å². The highest BCUT2D eigenvalue weighted by atomic mass is 32.2. The Morgan fingerprint density at radius 2 is 2.16 bits per heavy atom. The molecular formula is C10H13N3O5S. The Morgan fingerprint density at radius 3 is 2.63 bits per heavy atom. The van der Waals surface area contributed by atoms with Crippen LogP contribution in [-0.2, 0) is 10.0 Å². The highest BCUT2D eigenvalue weighted by molar-refractivity contribution is 7.89. The number of hydrogen-bond donors (Lipinski definition) is 2. The summed E-state index contributed by atoms with van der Waals surface area (Å²) in [5, 5.41) is 10.7. The molecule has 19 heavy (non-hydrogen) atoms. The summed E-state index contributed by atoms with van der Waals surface area (Å²) in [4.78, 5) is 9.77. The molecule has 1 saturated carbocycles. The van der Waals surface area contributed by atoms with Gasteiger partial charge in [0.15, 0.2) is 0 Å². The summed E-state index contributed by atoms with van der Waals surface area (Å²) in [6, 6.07) is 2.86. The molecule has 2 atom stereocenters. The summed E-state index contributed by atoms with van der Waals surface area (Å²) in [5.41, 5.74) is 5.22. The number of nitrogens with zero attached hydrogens (tertiary/aromatic N) is 1. The van der Waals surface area contributed by atoms with Crippen LogP contribution in [-0.4, -0.2) is 32.5 Å². The number of nitrogens with one attached hydrogen (secondary N) is 1. The number of sulfonamides is 1. The second kappa shape index (κ2) is 4.76. The molecule has 1 aromatic rings. The van der Waals surface area contributed by atoms with Crippen molar-refractivity contribution in [3.63, 3.8) is 0 Å². The smallest absolute Gasteiger partial charge is 0.271 e. The van der Waals surface area contributed by atoms with E-state index in [1.807, 2.05) is 0 Å². The summed E-state index contributed by atoms with van der Waals surface area (Å²) in [6.45, 7) is 0. The zero-order chi connectivity index (χ0) is 14.2. The van der Waals surface area contributed by atoms with Gasteiger partial charge in [-0.15, -0.1) is 0 Å². The molecule has 0 aromatic heterocycles. The van der Waals surface area contributed by atoms with Gasteiger partial charge in [0.25, 0.3) is 5.69 Å². The van der Waals surface area contributed by atoms with Crippen LogP contribution in [0.5, 0.6) is 5.75 Å². The molecule has 1 fully saturated rings. The molecule has 2 rings (SSSR count). The Bertz CT molecular complexity index is 616. The second-order valence-electron chi connectivity index (χ2n) is 4.22. The number of non-ortho nitro benzene ring substituents is 1. The number of hydrogen-bond acceptors (Lipinski definition) is 6. The summed E-state index contributed by atoms with van der Waals surface area (Å²) in [6.07, 6.45) is 0.552. The van der Waals surface area contributed by atoms with Crippen molar-refractivity contribution >= 4 is 15.7 Å². The Hall–Kier alpha value is -1.71. The first-order valence-electron chi connectivity index (χ1n) is 5.45. The molecule has 0 bridgehead atoms. The van der Waals surface area contributed by atoms with E-state index in [1.54, 1.807) is 0 Å². The minimum atomic E-state index is -3.89. The number of ether oxygens (including phenoxy) is 1. The molecule has 9 heteroatoms. The summed E-state index contributed by atoms with van der Waals surface area (Å²) < 4.78 is 31.5. The number of nitrogens with two attached hydrogens (primary N) is 1. The molecule has 104 valence electrons. The lowest BCUT2D eigenvalue weighted by Crippen LogP contribution is -2.30. The van der Waals surface area contributed by atoms with Gasteiger partial charge in [-0.3, -0.25) is 10.1 Å². The van der Waals surface area contributed by atoms with Gasteiger partial charge in [-0.2, -0.15) is 0 Å². The van der Waals surface area contributed by atoms with E-state index in [4.69, 9.17) is 10.5 Å². The number of methoxy groups -OCH3 is 1. The Labute approximate surface area is 109 Å². The molecule has 1 aliphatic carbocycles. The first kappa shape index (κ1) is 13.7. The Kier molecular flexibility index (Phi) is 3.43. The first-order valence-corrected chi connectivity index (χ1v) is 6.94. The predicted molar refractivity (Wildman–Crippen MR) is 66.4 cm³/mol. The van der Waals surface area contributed by atoms with Crippen LogP contribution >= 0.6 is 0 Å². The van der Waals surface area contributed by atoms with Gasteiger partial charge >= 0.3 is 0 Å². The van der Waals surface area contributed by atoms with Crippen LogP contribution in [0.25, 0.3) is 0 Å². The van der Waals surface area contributed by atoms with Crippen molar-refractivity contribution in [1.82, 2.24) is 4.72 Å².